The summed E-state index contributed by atoms with van der Waals surface area (Å²) in [6.45, 7) is 1.96. The first-order valence-corrected chi connectivity index (χ1v) is 5.15. The number of ether oxygens (including phenoxy) is 1. The summed E-state index contributed by atoms with van der Waals surface area (Å²) in [6.07, 6.45) is 1.80. The molecule has 0 aliphatic rings. The van der Waals surface area contributed by atoms with E-state index in [9.17, 15) is 4.79 Å². The van der Waals surface area contributed by atoms with Crippen LogP contribution in [0.5, 0.6) is 0 Å². The SMILES string of the molecule is COC(=O)c1cc2c(C)cc(Br)cn2n1. The Hall–Kier alpha value is -1.36. The Kier molecular flexibility index (Phi) is 2.48. The van der Waals surface area contributed by atoms with Crippen LogP contribution in [0.2, 0.25) is 0 Å². The van der Waals surface area contributed by atoms with Crippen molar-refractivity contribution < 1.29 is 9.53 Å². The molecule has 0 aliphatic heterocycles. The van der Waals surface area contributed by atoms with Crippen LogP contribution in [0.4, 0.5) is 0 Å². The van der Waals surface area contributed by atoms with Crippen molar-refractivity contribution in [2.75, 3.05) is 7.11 Å². The first-order chi connectivity index (χ1) is 7.11. The second kappa shape index (κ2) is 3.66. The summed E-state index contributed by atoms with van der Waals surface area (Å²) < 4.78 is 7.19. The summed E-state index contributed by atoms with van der Waals surface area (Å²) in [7, 11) is 1.34. The first kappa shape index (κ1) is 10.2. The van der Waals surface area contributed by atoms with Crippen molar-refractivity contribution in [1.82, 2.24) is 9.61 Å². The maximum Gasteiger partial charge on any atom is 0.358 e. The first-order valence-electron chi connectivity index (χ1n) is 4.35. The third-order valence-corrected chi connectivity index (χ3v) is 2.57. The van der Waals surface area contributed by atoms with Gasteiger partial charge in [-0.05, 0) is 40.5 Å². The number of carbonyl (C=O) groups is 1. The predicted molar refractivity (Wildman–Crippen MR) is 59.0 cm³/mol. The molecule has 2 aromatic heterocycles. The summed E-state index contributed by atoms with van der Waals surface area (Å²) in [6, 6.07) is 3.69. The van der Waals surface area contributed by atoms with Crippen LogP contribution in [0, 0.1) is 6.92 Å². The Morgan fingerprint density at radius 1 is 1.53 bits per heavy atom. The Balaban J connectivity index is 2.65. The lowest BCUT2D eigenvalue weighted by atomic mass is 10.2. The zero-order valence-electron chi connectivity index (χ0n) is 8.32. The molecule has 78 valence electrons. The topological polar surface area (TPSA) is 43.6 Å². The van der Waals surface area contributed by atoms with Gasteiger partial charge >= 0.3 is 5.97 Å². The number of aryl methyl sites for hydroxylation is 1. The normalized spacial score (nSPS) is 10.6. The van der Waals surface area contributed by atoms with E-state index in [0.717, 1.165) is 15.6 Å². The summed E-state index contributed by atoms with van der Waals surface area (Å²) in [5.41, 5.74) is 2.27. The Bertz CT molecular complexity index is 533. The van der Waals surface area contributed by atoms with E-state index in [1.54, 1.807) is 16.8 Å². The van der Waals surface area contributed by atoms with Crippen molar-refractivity contribution >= 4 is 27.4 Å². The van der Waals surface area contributed by atoms with E-state index < -0.39 is 5.97 Å². The molecule has 0 aliphatic carbocycles. The number of nitrogens with zero attached hydrogens (tertiary/aromatic N) is 2. The Morgan fingerprint density at radius 2 is 2.27 bits per heavy atom. The molecule has 0 spiro atoms. The number of esters is 1. The fourth-order valence-corrected chi connectivity index (χ4v) is 1.96. The van der Waals surface area contributed by atoms with Crippen LogP contribution in [-0.2, 0) is 4.74 Å². The molecule has 0 unspecified atom stereocenters. The largest absolute Gasteiger partial charge is 0.464 e. The maximum atomic E-state index is 11.3. The number of methoxy groups -OCH3 is 1. The van der Waals surface area contributed by atoms with Gasteiger partial charge in [-0.25, -0.2) is 9.31 Å². The molecule has 4 nitrogen and oxygen atoms in total. The lowest BCUT2D eigenvalue weighted by Gasteiger charge is -1.97. The maximum absolute atomic E-state index is 11.3. The van der Waals surface area contributed by atoms with Crippen molar-refractivity contribution in [1.29, 1.82) is 0 Å². The number of rotatable bonds is 1. The zero-order chi connectivity index (χ0) is 11.0. The molecule has 2 rings (SSSR count). The van der Waals surface area contributed by atoms with E-state index >= 15 is 0 Å². The molecule has 5 heteroatoms. The van der Waals surface area contributed by atoms with Crippen molar-refractivity contribution in [3.8, 4) is 0 Å². The predicted octanol–water partition coefficient (Wildman–Crippen LogP) is 2.19. The lowest BCUT2D eigenvalue weighted by Crippen LogP contribution is -2.01. The van der Waals surface area contributed by atoms with Gasteiger partial charge in [-0.15, -0.1) is 0 Å². The minimum Gasteiger partial charge on any atom is -0.464 e. The van der Waals surface area contributed by atoms with Gasteiger partial charge in [0.15, 0.2) is 5.69 Å². The zero-order valence-corrected chi connectivity index (χ0v) is 9.91. The smallest absolute Gasteiger partial charge is 0.358 e. The van der Waals surface area contributed by atoms with Crippen LogP contribution in [0.15, 0.2) is 22.8 Å². The number of hydrogen-bond donors (Lipinski definition) is 0. The fraction of sp³-hybridized carbons (Fsp3) is 0.200. The van der Waals surface area contributed by atoms with Crippen molar-refractivity contribution in [3.63, 3.8) is 0 Å². The second-order valence-electron chi connectivity index (χ2n) is 3.19. The van der Waals surface area contributed by atoms with Gasteiger partial charge < -0.3 is 4.74 Å². The molecular weight excluding hydrogens is 260 g/mol. The van der Waals surface area contributed by atoms with Crippen molar-refractivity contribution in [3.05, 3.63) is 34.1 Å². The average Bonchev–Trinajstić information content (AvgIpc) is 2.60. The van der Waals surface area contributed by atoms with Gasteiger partial charge in [-0.2, -0.15) is 5.10 Å². The van der Waals surface area contributed by atoms with Crippen LogP contribution < -0.4 is 0 Å². The van der Waals surface area contributed by atoms with Gasteiger partial charge in [-0.1, -0.05) is 0 Å². The molecule has 0 bridgehead atoms. The van der Waals surface area contributed by atoms with E-state index in [4.69, 9.17) is 0 Å². The highest BCUT2D eigenvalue weighted by atomic mass is 79.9. The molecule has 0 atom stereocenters. The van der Waals surface area contributed by atoms with E-state index in [0.29, 0.717) is 5.69 Å². The van der Waals surface area contributed by atoms with Crippen LogP contribution in [-0.4, -0.2) is 22.7 Å². The molecule has 0 fully saturated rings. The van der Waals surface area contributed by atoms with Gasteiger partial charge in [0.1, 0.15) is 0 Å². The number of pyridine rings is 1. The molecule has 0 radical (unpaired) electrons. The van der Waals surface area contributed by atoms with E-state index in [2.05, 4.69) is 25.8 Å². The number of carbonyl (C=O) groups excluding carboxylic acids is 1. The average molecular weight is 269 g/mol. The summed E-state index contributed by atoms with van der Waals surface area (Å²) in [5, 5.41) is 4.12. The molecular formula is C10H9BrN2O2. The van der Waals surface area contributed by atoms with E-state index in [1.807, 2.05) is 13.0 Å². The Labute approximate surface area is 95.0 Å². The Morgan fingerprint density at radius 3 is 2.93 bits per heavy atom. The van der Waals surface area contributed by atoms with Gasteiger partial charge in [0.05, 0.1) is 12.6 Å². The lowest BCUT2D eigenvalue weighted by molar-refractivity contribution is 0.0593. The van der Waals surface area contributed by atoms with Gasteiger partial charge in [0.25, 0.3) is 0 Å². The second-order valence-corrected chi connectivity index (χ2v) is 4.11. The number of aromatic nitrogens is 2. The van der Waals surface area contributed by atoms with Crippen LogP contribution in [0.1, 0.15) is 16.1 Å². The van der Waals surface area contributed by atoms with Crippen molar-refractivity contribution in [2.24, 2.45) is 0 Å². The highest BCUT2D eigenvalue weighted by Gasteiger charge is 2.12. The minimum atomic E-state index is -0.422. The van der Waals surface area contributed by atoms with Crippen LogP contribution in [0.25, 0.3) is 5.52 Å². The number of halogens is 1. The molecule has 0 saturated carbocycles. The molecule has 0 aromatic carbocycles. The molecule has 2 heterocycles. The molecule has 0 saturated heterocycles. The molecule has 15 heavy (non-hydrogen) atoms. The van der Waals surface area contributed by atoms with Gasteiger partial charge in [0, 0.05) is 10.7 Å². The monoisotopic (exact) mass is 268 g/mol. The number of hydrogen-bond acceptors (Lipinski definition) is 3. The summed E-state index contributed by atoms with van der Waals surface area (Å²) in [4.78, 5) is 11.3. The molecule has 0 N–H and O–H groups in total. The number of fused-ring (bicyclic) bond motifs is 1. The van der Waals surface area contributed by atoms with Crippen LogP contribution >= 0.6 is 15.9 Å². The molecule has 2 aromatic rings. The third kappa shape index (κ3) is 1.74. The highest BCUT2D eigenvalue weighted by molar-refractivity contribution is 9.10. The molecule has 0 amide bonds. The van der Waals surface area contributed by atoms with Gasteiger partial charge in [-0.3, -0.25) is 0 Å². The summed E-state index contributed by atoms with van der Waals surface area (Å²) in [5.74, 6) is -0.422. The van der Waals surface area contributed by atoms with E-state index in [-0.39, 0.29) is 0 Å². The standard InChI is InChI=1S/C10H9BrN2O2/c1-6-3-7(11)5-13-9(6)4-8(12-13)10(14)15-2/h3-5H,1-2H3. The van der Waals surface area contributed by atoms with Crippen LogP contribution in [0.3, 0.4) is 0 Å². The van der Waals surface area contributed by atoms with Crippen molar-refractivity contribution in [2.45, 2.75) is 6.92 Å². The van der Waals surface area contributed by atoms with E-state index in [1.165, 1.54) is 7.11 Å². The third-order valence-electron chi connectivity index (χ3n) is 2.13. The van der Waals surface area contributed by atoms with Gasteiger partial charge in [0.2, 0.25) is 0 Å². The fourth-order valence-electron chi connectivity index (χ4n) is 1.43. The highest BCUT2D eigenvalue weighted by Crippen LogP contribution is 2.18. The minimum absolute atomic E-state index is 0.318. The summed E-state index contributed by atoms with van der Waals surface area (Å²) >= 11 is 3.37. The quantitative estimate of drug-likeness (QED) is 0.745.